The summed E-state index contributed by atoms with van der Waals surface area (Å²) >= 11 is 0. The molecule has 0 saturated heterocycles. The number of rotatable bonds is 16. The Labute approximate surface area is 330 Å². The van der Waals surface area contributed by atoms with Crippen LogP contribution in [0.2, 0.25) is 0 Å². The molecule has 0 saturated carbocycles. The van der Waals surface area contributed by atoms with Crippen LogP contribution in [-0.4, -0.2) is 101 Å². The Morgan fingerprint density at radius 3 is 1.00 bits per heavy atom. The fraction of sp³-hybridized carbons (Fsp3) is 0.389. The standard InChI is InChI=1S/C36H50N8O4.2HI/c1-43(2,3)25-9-7-23-37-35(47)41-31-19-15-29(16-20-31)39-33(45)27-11-13-28(14-12-27)34(46)40-30-17-21-32(22-18-30)42-36(48)38-24-8-10-26-44(4,5)6;;/h11-22H,7-10,23-26H2,1-6H3,(H4-2,37,38,39,40,41,42,45,46,47,48);2*1H. The summed E-state index contributed by atoms with van der Waals surface area (Å²) in [5, 5.41) is 17.0. The average molecular weight is 915 g/mol. The van der Waals surface area contributed by atoms with E-state index in [-0.39, 0.29) is 71.8 Å². The van der Waals surface area contributed by atoms with Crippen molar-refractivity contribution in [1.29, 1.82) is 0 Å². The van der Waals surface area contributed by atoms with E-state index in [9.17, 15) is 19.2 Å². The van der Waals surface area contributed by atoms with Crippen molar-refractivity contribution in [3.05, 3.63) is 83.9 Å². The molecule has 6 amide bonds. The van der Waals surface area contributed by atoms with Crippen molar-refractivity contribution in [2.45, 2.75) is 25.7 Å². The highest BCUT2D eigenvalue weighted by Crippen LogP contribution is 2.17. The van der Waals surface area contributed by atoms with Crippen LogP contribution in [0.5, 0.6) is 0 Å². The van der Waals surface area contributed by atoms with E-state index in [0.717, 1.165) is 47.7 Å². The van der Waals surface area contributed by atoms with Crippen molar-refractivity contribution in [3.8, 4) is 0 Å². The smallest absolute Gasteiger partial charge is 0.319 e. The molecule has 274 valence electrons. The van der Waals surface area contributed by atoms with Gasteiger partial charge in [0.1, 0.15) is 0 Å². The van der Waals surface area contributed by atoms with Crippen LogP contribution in [-0.2, 0) is 0 Å². The first-order chi connectivity index (χ1) is 22.7. The maximum absolute atomic E-state index is 12.8. The first-order valence-corrected chi connectivity index (χ1v) is 16.3. The van der Waals surface area contributed by atoms with E-state index in [2.05, 4.69) is 74.2 Å². The number of carbonyl (C=O) groups excluding carboxylic acids is 4. The number of hydrogen-bond acceptors (Lipinski definition) is 4. The SMILES string of the molecule is C[N+](C)(C)CCCCNC(=O)Nc1ccc(NC(=O)c2ccc(C(=O)Nc3ccc(NC(=O)NCCCC[N+](C)(C)C)cc3)cc2)cc1.[I-].[I-]. The molecule has 0 spiro atoms. The second kappa shape index (κ2) is 21.7. The average Bonchev–Trinajstić information content (AvgIpc) is 3.01. The molecule has 3 aromatic rings. The van der Waals surface area contributed by atoms with E-state index in [1.807, 2.05) is 0 Å². The molecule has 0 unspecified atom stereocenters. The molecule has 0 radical (unpaired) electrons. The third kappa shape index (κ3) is 18.0. The number of carbonyl (C=O) groups is 4. The minimum absolute atomic E-state index is 0. The molecule has 0 aliphatic heterocycles. The molecule has 3 rings (SSSR count). The van der Waals surface area contributed by atoms with Crippen LogP contribution in [0.4, 0.5) is 32.3 Å². The van der Waals surface area contributed by atoms with Crippen LogP contribution in [0.1, 0.15) is 46.4 Å². The first kappa shape index (κ1) is 44.5. The molecule has 0 heterocycles. The van der Waals surface area contributed by atoms with Gasteiger partial charge in [0.2, 0.25) is 0 Å². The fourth-order valence-electron chi connectivity index (χ4n) is 4.63. The van der Waals surface area contributed by atoms with Crippen LogP contribution < -0.4 is 79.9 Å². The minimum atomic E-state index is -0.328. The maximum Gasteiger partial charge on any atom is 0.319 e. The van der Waals surface area contributed by atoms with Crippen LogP contribution in [0, 0.1) is 0 Å². The van der Waals surface area contributed by atoms with Gasteiger partial charge in [-0.1, -0.05) is 0 Å². The summed E-state index contributed by atoms with van der Waals surface area (Å²) in [6.45, 7) is 3.30. The number of anilines is 4. The summed E-state index contributed by atoms with van der Waals surface area (Å²) in [4.78, 5) is 49.9. The Kier molecular flexibility index (Phi) is 19.3. The van der Waals surface area contributed by atoms with Gasteiger partial charge in [-0.3, -0.25) is 9.59 Å². The van der Waals surface area contributed by atoms with E-state index >= 15 is 0 Å². The molecule has 3 aromatic carbocycles. The number of unbranched alkanes of at least 4 members (excludes halogenated alkanes) is 2. The number of urea groups is 2. The van der Waals surface area contributed by atoms with Gasteiger partial charge in [0.25, 0.3) is 11.8 Å². The second-order valence-electron chi connectivity index (χ2n) is 13.8. The molecule has 12 nitrogen and oxygen atoms in total. The zero-order valence-electron chi connectivity index (χ0n) is 29.9. The highest BCUT2D eigenvalue weighted by molar-refractivity contribution is 6.07. The normalized spacial score (nSPS) is 10.8. The summed E-state index contributed by atoms with van der Waals surface area (Å²) < 4.78 is 1.79. The zero-order valence-corrected chi connectivity index (χ0v) is 34.2. The highest BCUT2D eigenvalue weighted by atomic mass is 127. The number of nitrogens with one attached hydrogen (secondary N) is 6. The summed E-state index contributed by atoms with van der Waals surface area (Å²) in [6.07, 6.45) is 3.88. The van der Waals surface area contributed by atoms with Crippen molar-refractivity contribution < 1.29 is 76.1 Å². The lowest BCUT2D eigenvalue weighted by Gasteiger charge is -2.23. The number of amides is 6. The van der Waals surface area contributed by atoms with Crippen molar-refractivity contribution in [1.82, 2.24) is 10.6 Å². The predicted molar refractivity (Wildman–Crippen MR) is 194 cm³/mol. The van der Waals surface area contributed by atoms with Crippen molar-refractivity contribution in [2.75, 3.05) is 89.7 Å². The van der Waals surface area contributed by atoms with Gasteiger partial charge in [0.15, 0.2) is 0 Å². The van der Waals surface area contributed by atoms with E-state index < -0.39 is 0 Å². The van der Waals surface area contributed by atoms with Gasteiger partial charge < -0.3 is 88.8 Å². The minimum Gasteiger partial charge on any atom is -1.00 e. The molecule has 14 heteroatoms. The molecule has 0 atom stereocenters. The molecule has 0 aromatic heterocycles. The molecular formula is C36H52I2N8O4. The number of nitrogens with zero attached hydrogens (tertiary/aromatic N) is 2. The van der Waals surface area contributed by atoms with E-state index in [4.69, 9.17) is 0 Å². The second-order valence-corrected chi connectivity index (χ2v) is 13.8. The molecule has 0 fully saturated rings. The van der Waals surface area contributed by atoms with E-state index in [0.29, 0.717) is 47.0 Å². The number of benzene rings is 3. The van der Waals surface area contributed by atoms with Crippen LogP contribution in [0.15, 0.2) is 72.8 Å². The molecular weight excluding hydrogens is 862 g/mol. The monoisotopic (exact) mass is 914 g/mol. The molecule has 6 N–H and O–H groups in total. The van der Waals surface area contributed by atoms with Crippen LogP contribution in [0.3, 0.4) is 0 Å². The van der Waals surface area contributed by atoms with E-state index in [1.165, 1.54) is 0 Å². The first-order valence-electron chi connectivity index (χ1n) is 16.3. The van der Waals surface area contributed by atoms with Crippen LogP contribution in [0.25, 0.3) is 0 Å². The third-order valence-corrected chi connectivity index (χ3v) is 7.29. The Balaban J connectivity index is 0.00000625. The largest absolute Gasteiger partial charge is 1.00 e. The lowest BCUT2D eigenvalue weighted by molar-refractivity contribution is -0.870. The van der Waals surface area contributed by atoms with Gasteiger partial charge in [-0.25, -0.2) is 9.59 Å². The fourth-order valence-corrected chi connectivity index (χ4v) is 4.63. The zero-order chi connectivity index (χ0) is 35.2. The van der Waals surface area contributed by atoms with Gasteiger partial charge in [0, 0.05) is 47.0 Å². The van der Waals surface area contributed by atoms with Gasteiger partial charge >= 0.3 is 12.1 Å². The summed E-state index contributed by atoms with van der Waals surface area (Å²) in [7, 11) is 12.9. The Morgan fingerprint density at radius 2 is 0.720 bits per heavy atom. The number of quaternary nitrogens is 2. The van der Waals surface area contributed by atoms with Gasteiger partial charge in [0.05, 0.1) is 55.4 Å². The molecule has 0 bridgehead atoms. The van der Waals surface area contributed by atoms with Gasteiger partial charge in [-0.15, -0.1) is 0 Å². The number of halogens is 2. The number of hydrogen-bond donors (Lipinski definition) is 6. The van der Waals surface area contributed by atoms with Gasteiger partial charge in [-0.05, 0) is 98.5 Å². The molecule has 50 heavy (non-hydrogen) atoms. The molecule has 0 aliphatic carbocycles. The Hall–Kier alpha value is -3.48. The topological polar surface area (TPSA) is 140 Å². The Morgan fingerprint density at radius 1 is 0.440 bits per heavy atom. The van der Waals surface area contributed by atoms with E-state index in [1.54, 1.807) is 72.8 Å². The lowest BCUT2D eigenvalue weighted by atomic mass is 10.1. The highest BCUT2D eigenvalue weighted by Gasteiger charge is 2.12. The van der Waals surface area contributed by atoms with Gasteiger partial charge in [-0.2, -0.15) is 0 Å². The third-order valence-electron chi connectivity index (χ3n) is 7.29. The maximum atomic E-state index is 12.8. The van der Waals surface area contributed by atoms with Crippen molar-refractivity contribution >= 4 is 46.6 Å². The quantitative estimate of drug-likeness (QED) is 0.0651. The summed E-state index contributed by atoms with van der Waals surface area (Å²) in [5.41, 5.74) is 3.14. The van der Waals surface area contributed by atoms with Crippen molar-refractivity contribution in [2.24, 2.45) is 0 Å². The lowest BCUT2D eigenvalue weighted by Crippen LogP contribution is -3.00. The van der Waals surface area contributed by atoms with Crippen LogP contribution >= 0.6 is 0 Å². The molecule has 0 aliphatic rings. The predicted octanol–water partition coefficient (Wildman–Crippen LogP) is -0.585. The summed E-state index contributed by atoms with van der Waals surface area (Å²) in [6, 6.07) is 19.5. The summed E-state index contributed by atoms with van der Waals surface area (Å²) in [5.74, 6) is -0.656. The van der Waals surface area contributed by atoms with Crippen molar-refractivity contribution in [3.63, 3.8) is 0 Å². The Bertz CT molecular complexity index is 1390.